The van der Waals surface area contributed by atoms with Crippen molar-refractivity contribution < 1.29 is 42.4 Å². The number of ether oxygens (including phenoxy) is 8. The first-order valence-corrected chi connectivity index (χ1v) is 16.0. The number of nitrogens with zero attached hydrogens (tertiary/aromatic N) is 1. The molecule has 0 aliphatic rings. The number of hydrogen-bond donors (Lipinski definition) is 0. The van der Waals surface area contributed by atoms with Crippen molar-refractivity contribution in [2.24, 2.45) is 0 Å². The average molecular weight is 650 g/mol. The van der Waals surface area contributed by atoms with Gasteiger partial charge >= 0.3 is 0 Å². The van der Waals surface area contributed by atoms with E-state index in [2.05, 4.69) is 5.16 Å². The van der Waals surface area contributed by atoms with Gasteiger partial charge in [0.1, 0.15) is 11.4 Å². The van der Waals surface area contributed by atoms with Gasteiger partial charge in [-0.1, -0.05) is 43.7 Å². The van der Waals surface area contributed by atoms with E-state index in [9.17, 15) is 0 Å². The maximum Gasteiger partial charge on any atom is 0.203 e. The molecule has 4 rings (SSSR count). The topological polar surface area (TPSA) is 99.9 Å². The van der Waals surface area contributed by atoms with E-state index >= 15 is 0 Å². The van der Waals surface area contributed by atoms with Crippen LogP contribution in [0.25, 0.3) is 22.6 Å². The van der Waals surface area contributed by atoms with Gasteiger partial charge in [0, 0.05) is 23.3 Å². The molecule has 0 saturated heterocycles. The van der Waals surface area contributed by atoms with Crippen molar-refractivity contribution in [3.63, 3.8) is 0 Å². The fourth-order valence-electron chi connectivity index (χ4n) is 5.24. The number of methoxy groups -OCH3 is 6. The first-order chi connectivity index (χ1) is 23.0. The van der Waals surface area contributed by atoms with Crippen LogP contribution < -0.4 is 37.9 Å². The summed E-state index contributed by atoms with van der Waals surface area (Å²) in [5.74, 6) is 5.75. The Balaban J connectivity index is 1.18. The van der Waals surface area contributed by atoms with E-state index in [1.165, 1.54) is 25.7 Å². The van der Waals surface area contributed by atoms with Crippen molar-refractivity contribution in [1.82, 2.24) is 5.16 Å². The molecule has 0 atom stereocenters. The van der Waals surface area contributed by atoms with Gasteiger partial charge in [-0.2, -0.15) is 0 Å². The molecular formula is C37H47NO9. The highest BCUT2D eigenvalue weighted by Gasteiger charge is 2.18. The minimum atomic E-state index is 0.518. The van der Waals surface area contributed by atoms with Gasteiger partial charge in [-0.3, -0.25) is 0 Å². The first kappa shape index (κ1) is 35.1. The lowest BCUT2D eigenvalue weighted by atomic mass is 10.1. The molecule has 0 radical (unpaired) electrons. The minimum Gasteiger partial charge on any atom is -0.497 e. The maximum atomic E-state index is 6.14. The summed E-state index contributed by atoms with van der Waals surface area (Å²) in [4.78, 5) is 0. The molecule has 0 amide bonds. The van der Waals surface area contributed by atoms with Crippen molar-refractivity contribution in [3.8, 4) is 68.6 Å². The van der Waals surface area contributed by atoms with E-state index in [4.69, 9.17) is 42.4 Å². The summed E-state index contributed by atoms with van der Waals surface area (Å²) in [7, 11) is 9.66. The van der Waals surface area contributed by atoms with Crippen molar-refractivity contribution in [2.45, 2.75) is 51.4 Å². The second-order valence-corrected chi connectivity index (χ2v) is 10.9. The predicted octanol–water partition coefficient (Wildman–Crippen LogP) is 8.64. The second kappa shape index (κ2) is 18.4. The molecule has 47 heavy (non-hydrogen) atoms. The zero-order valence-electron chi connectivity index (χ0n) is 28.4. The Kier molecular flexibility index (Phi) is 13.8. The molecule has 1 heterocycles. The highest BCUT2D eigenvalue weighted by molar-refractivity contribution is 5.72. The Morgan fingerprint density at radius 1 is 0.468 bits per heavy atom. The molecule has 0 bridgehead atoms. The van der Waals surface area contributed by atoms with Crippen LogP contribution in [-0.4, -0.2) is 61.0 Å². The predicted molar refractivity (Wildman–Crippen MR) is 181 cm³/mol. The highest BCUT2D eigenvalue weighted by Crippen LogP contribution is 2.42. The fraction of sp³-hybridized carbons (Fsp3) is 0.432. The molecule has 10 nitrogen and oxygen atoms in total. The molecule has 0 aliphatic heterocycles. The van der Waals surface area contributed by atoms with Crippen LogP contribution in [0, 0.1) is 0 Å². The normalized spacial score (nSPS) is 10.8. The summed E-state index contributed by atoms with van der Waals surface area (Å²) in [5, 5.41) is 4.28. The average Bonchev–Trinajstić information content (AvgIpc) is 3.61. The van der Waals surface area contributed by atoms with Gasteiger partial charge in [0.05, 0.1) is 55.9 Å². The van der Waals surface area contributed by atoms with Crippen LogP contribution in [0.1, 0.15) is 51.4 Å². The Bertz CT molecular complexity index is 1510. The Morgan fingerprint density at radius 3 is 1.51 bits per heavy atom. The molecule has 0 unspecified atom stereocenters. The number of rotatable bonds is 21. The lowest BCUT2D eigenvalue weighted by Gasteiger charge is -2.13. The van der Waals surface area contributed by atoms with Crippen molar-refractivity contribution >= 4 is 0 Å². The highest BCUT2D eigenvalue weighted by atomic mass is 16.5. The minimum absolute atomic E-state index is 0.518. The van der Waals surface area contributed by atoms with Crippen LogP contribution in [-0.2, 0) is 0 Å². The molecule has 4 aromatic rings. The zero-order valence-corrected chi connectivity index (χ0v) is 28.4. The number of aromatic nitrogens is 1. The first-order valence-electron chi connectivity index (χ1n) is 16.0. The summed E-state index contributed by atoms with van der Waals surface area (Å²) in [6, 6.07) is 16.9. The van der Waals surface area contributed by atoms with Crippen LogP contribution >= 0.6 is 0 Å². The Morgan fingerprint density at radius 2 is 0.979 bits per heavy atom. The summed E-state index contributed by atoms with van der Waals surface area (Å²) in [5.41, 5.74) is 2.25. The largest absolute Gasteiger partial charge is 0.497 e. The Labute approximate surface area is 277 Å². The lowest BCUT2D eigenvalue weighted by Crippen LogP contribution is -2.00. The van der Waals surface area contributed by atoms with Gasteiger partial charge in [0.25, 0.3) is 0 Å². The third-order valence-corrected chi connectivity index (χ3v) is 7.84. The summed E-state index contributed by atoms with van der Waals surface area (Å²) in [6.07, 6.45) is 9.04. The molecule has 3 aromatic carbocycles. The van der Waals surface area contributed by atoms with Crippen LogP contribution in [0.15, 0.2) is 59.1 Å². The van der Waals surface area contributed by atoms with Gasteiger partial charge in [0.15, 0.2) is 40.3 Å². The molecule has 0 fully saturated rings. The number of hydrogen-bond acceptors (Lipinski definition) is 10. The van der Waals surface area contributed by atoms with E-state index in [-0.39, 0.29) is 0 Å². The maximum absolute atomic E-state index is 6.14. The van der Waals surface area contributed by atoms with Gasteiger partial charge in [-0.15, -0.1) is 0 Å². The molecular weight excluding hydrogens is 602 g/mol. The third kappa shape index (κ3) is 9.64. The Hall–Kier alpha value is -4.73. The number of unbranched alkanes of at least 4 members (excludes halogenated alkanes) is 7. The standard InChI is InChI=1S/C37H47NO9/c1-39-28-16-18-31(41-3)34(24-28)46-20-14-12-10-8-7-9-11-13-19-45-33-21-26(15-17-30(33)40-2)32-25-29(38-47-32)27-22-35(42-4)37(44-6)36(23-27)43-5/h15-18,21-25H,7-14,19-20H2,1-6H3. The van der Waals surface area contributed by atoms with Crippen molar-refractivity contribution in [1.29, 1.82) is 0 Å². The molecule has 10 heteroatoms. The SMILES string of the molecule is COc1ccc(OC)c(OCCCCCCCCCCOc2cc(-c3cc(-c4cc(OC)c(OC)c(OC)c4)no3)ccc2OC)c1. The van der Waals surface area contributed by atoms with Gasteiger partial charge in [-0.25, -0.2) is 0 Å². The molecule has 0 N–H and O–H groups in total. The quantitative estimate of drug-likeness (QED) is 0.0816. The molecule has 254 valence electrons. The van der Waals surface area contributed by atoms with Gasteiger partial charge in [-0.05, 0) is 55.3 Å². The van der Waals surface area contributed by atoms with Crippen molar-refractivity contribution in [3.05, 3.63) is 54.6 Å². The van der Waals surface area contributed by atoms with E-state index in [0.717, 1.165) is 54.1 Å². The van der Waals surface area contributed by atoms with Crippen LogP contribution in [0.2, 0.25) is 0 Å². The van der Waals surface area contributed by atoms with Gasteiger partial charge in [0.2, 0.25) is 5.75 Å². The molecule has 1 aromatic heterocycles. The monoisotopic (exact) mass is 649 g/mol. The van der Waals surface area contributed by atoms with E-state index < -0.39 is 0 Å². The second-order valence-electron chi connectivity index (χ2n) is 10.9. The van der Waals surface area contributed by atoms with Crippen LogP contribution in [0.4, 0.5) is 0 Å². The van der Waals surface area contributed by atoms with Crippen molar-refractivity contribution in [2.75, 3.05) is 55.9 Å². The summed E-state index contributed by atoms with van der Waals surface area (Å²) >= 11 is 0. The fourth-order valence-corrected chi connectivity index (χ4v) is 5.24. The zero-order chi connectivity index (χ0) is 33.4. The smallest absolute Gasteiger partial charge is 0.203 e. The third-order valence-electron chi connectivity index (χ3n) is 7.84. The molecule has 0 aliphatic carbocycles. The number of benzene rings is 3. The summed E-state index contributed by atoms with van der Waals surface area (Å²) in [6.45, 7) is 1.27. The van der Waals surface area contributed by atoms with Gasteiger partial charge < -0.3 is 42.4 Å². The lowest BCUT2D eigenvalue weighted by molar-refractivity contribution is 0.281. The van der Waals surface area contributed by atoms with Crippen LogP contribution in [0.5, 0.6) is 46.0 Å². The van der Waals surface area contributed by atoms with E-state index in [0.29, 0.717) is 53.4 Å². The molecule has 0 saturated carbocycles. The molecule has 0 spiro atoms. The summed E-state index contributed by atoms with van der Waals surface area (Å²) < 4.78 is 50.4. The van der Waals surface area contributed by atoms with E-state index in [1.54, 1.807) is 42.7 Å². The van der Waals surface area contributed by atoms with Crippen LogP contribution in [0.3, 0.4) is 0 Å². The van der Waals surface area contributed by atoms with E-state index in [1.807, 2.05) is 54.6 Å².